The van der Waals surface area contributed by atoms with Gasteiger partial charge < -0.3 is 10.1 Å². The van der Waals surface area contributed by atoms with Crippen LogP contribution >= 0.6 is 15.9 Å². The van der Waals surface area contributed by atoms with Crippen LogP contribution in [0, 0.1) is 0 Å². The van der Waals surface area contributed by atoms with Gasteiger partial charge in [-0.2, -0.15) is 0 Å². The van der Waals surface area contributed by atoms with Gasteiger partial charge in [0.1, 0.15) is 5.82 Å². The molecule has 1 aromatic heterocycles. The molecule has 1 heterocycles. The van der Waals surface area contributed by atoms with E-state index < -0.39 is 0 Å². The summed E-state index contributed by atoms with van der Waals surface area (Å²) in [6, 6.07) is 3.57. The molecule has 0 saturated heterocycles. The Labute approximate surface area is 104 Å². The summed E-state index contributed by atoms with van der Waals surface area (Å²) in [5, 5.41) is 2.69. The van der Waals surface area contributed by atoms with E-state index in [1.54, 1.807) is 12.3 Å². The van der Waals surface area contributed by atoms with E-state index in [0.29, 0.717) is 18.8 Å². The number of pyridine rings is 1. The number of aromatic nitrogens is 1. The first-order valence-electron chi connectivity index (χ1n) is 5.11. The Morgan fingerprint density at radius 2 is 2.31 bits per heavy atom. The van der Waals surface area contributed by atoms with Crippen LogP contribution in [0.1, 0.15) is 20.3 Å². The normalized spacial score (nSPS) is 10.5. The maximum atomic E-state index is 11.4. The van der Waals surface area contributed by atoms with Crippen molar-refractivity contribution in [1.82, 2.24) is 4.98 Å². The average molecular weight is 287 g/mol. The van der Waals surface area contributed by atoms with E-state index in [-0.39, 0.29) is 12.0 Å². The zero-order valence-electron chi connectivity index (χ0n) is 9.37. The molecule has 0 aliphatic rings. The highest BCUT2D eigenvalue weighted by Gasteiger charge is 2.03. The summed E-state index contributed by atoms with van der Waals surface area (Å²) in [4.78, 5) is 15.5. The van der Waals surface area contributed by atoms with Gasteiger partial charge in [-0.25, -0.2) is 4.98 Å². The molecule has 16 heavy (non-hydrogen) atoms. The lowest BCUT2D eigenvalue weighted by Gasteiger charge is -2.07. The van der Waals surface area contributed by atoms with Gasteiger partial charge in [-0.1, -0.05) is 0 Å². The number of anilines is 1. The predicted octanol–water partition coefficient (Wildman–Crippen LogP) is 2.60. The quantitative estimate of drug-likeness (QED) is 0.905. The van der Waals surface area contributed by atoms with Gasteiger partial charge >= 0.3 is 0 Å². The highest BCUT2D eigenvalue weighted by Crippen LogP contribution is 2.10. The number of carbonyl (C=O) groups excluding carboxylic acids is 1. The van der Waals surface area contributed by atoms with E-state index in [1.807, 2.05) is 19.9 Å². The van der Waals surface area contributed by atoms with Gasteiger partial charge in [0.25, 0.3) is 0 Å². The van der Waals surface area contributed by atoms with Gasteiger partial charge in [-0.3, -0.25) is 4.79 Å². The zero-order chi connectivity index (χ0) is 12.0. The van der Waals surface area contributed by atoms with Gasteiger partial charge in [0.05, 0.1) is 19.1 Å². The second-order valence-corrected chi connectivity index (χ2v) is 4.50. The van der Waals surface area contributed by atoms with Crippen molar-refractivity contribution in [2.75, 3.05) is 11.9 Å². The first-order chi connectivity index (χ1) is 7.58. The number of amides is 1. The topological polar surface area (TPSA) is 51.2 Å². The van der Waals surface area contributed by atoms with E-state index in [9.17, 15) is 4.79 Å². The van der Waals surface area contributed by atoms with Crippen LogP contribution in [-0.4, -0.2) is 23.6 Å². The third-order valence-corrected chi connectivity index (χ3v) is 2.24. The number of hydrogen-bond acceptors (Lipinski definition) is 3. The molecule has 5 heteroatoms. The first-order valence-corrected chi connectivity index (χ1v) is 5.90. The highest BCUT2D eigenvalue weighted by molar-refractivity contribution is 9.10. The van der Waals surface area contributed by atoms with Crippen LogP contribution in [0.5, 0.6) is 0 Å². The van der Waals surface area contributed by atoms with Crippen molar-refractivity contribution < 1.29 is 9.53 Å². The summed E-state index contributed by atoms with van der Waals surface area (Å²) in [5.41, 5.74) is 0. The second kappa shape index (κ2) is 6.60. The molecule has 1 N–H and O–H groups in total. The molecule has 88 valence electrons. The van der Waals surface area contributed by atoms with Crippen LogP contribution in [0.2, 0.25) is 0 Å². The summed E-state index contributed by atoms with van der Waals surface area (Å²) >= 11 is 3.27. The maximum Gasteiger partial charge on any atom is 0.227 e. The minimum absolute atomic E-state index is 0.0875. The van der Waals surface area contributed by atoms with Crippen molar-refractivity contribution >= 4 is 27.7 Å². The number of ether oxygens (including phenoxy) is 1. The highest BCUT2D eigenvalue weighted by atomic mass is 79.9. The number of carbonyl (C=O) groups is 1. The van der Waals surface area contributed by atoms with Crippen molar-refractivity contribution in [1.29, 1.82) is 0 Å². The Kier molecular flexibility index (Phi) is 5.42. The summed E-state index contributed by atoms with van der Waals surface area (Å²) in [6.45, 7) is 4.31. The second-order valence-electron chi connectivity index (χ2n) is 3.58. The molecule has 0 aliphatic carbocycles. The summed E-state index contributed by atoms with van der Waals surface area (Å²) in [7, 11) is 0. The van der Waals surface area contributed by atoms with Crippen molar-refractivity contribution in [3.63, 3.8) is 0 Å². The van der Waals surface area contributed by atoms with Crippen molar-refractivity contribution in [2.45, 2.75) is 26.4 Å². The molecular weight excluding hydrogens is 272 g/mol. The SMILES string of the molecule is CC(C)OCCC(=O)Nc1ccc(Br)cn1. The average Bonchev–Trinajstić information content (AvgIpc) is 2.21. The van der Waals surface area contributed by atoms with E-state index in [2.05, 4.69) is 26.2 Å². The van der Waals surface area contributed by atoms with Crippen molar-refractivity contribution in [3.05, 3.63) is 22.8 Å². The molecule has 0 aromatic carbocycles. The van der Waals surface area contributed by atoms with Gasteiger partial charge in [-0.15, -0.1) is 0 Å². The fourth-order valence-electron chi connectivity index (χ4n) is 1.04. The number of nitrogens with zero attached hydrogens (tertiary/aromatic N) is 1. The van der Waals surface area contributed by atoms with Gasteiger partial charge in [0, 0.05) is 10.7 Å². The Hall–Kier alpha value is -0.940. The lowest BCUT2D eigenvalue weighted by atomic mass is 10.4. The maximum absolute atomic E-state index is 11.4. The minimum atomic E-state index is -0.0875. The molecule has 1 rings (SSSR count). The summed E-state index contributed by atoms with van der Waals surface area (Å²) in [6.07, 6.45) is 2.13. The standard InChI is InChI=1S/C11H15BrN2O2/c1-8(2)16-6-5-11(15)14-10-4-3-9(12)7-13-10/h3-4,7-8H,5-6H2,1-2H3,(H,13,14,15). The van der Waals surface area contributed by atoms with Crippen LogP contribution in [0.25, 0.3) is 0 Å². The molecule has 0 aliphatic heterocycles. The van der Waals surface area contributed by atoms with Gasteiger partial charge in [0.2, 0.25) is 5.91 Å². The Morgan fingerprint density at radius 1 is 1.56 bits per heavy atom. The Morgan fingerprint density at radius 3 is 2.88 bits per heavy atom. The predicted molar refractivity (Wildman–Crippen MR) is 66.3 cm³/mol. The molecule has 4 nitrogen and oxygen atoms in total. The molecule has 0 atom stereocenters. The number of nitrogens with one attached hydrogen (secondary N) is 1. The Balaban J connectivity index is 2.31. The third kappa shape index (κ3) is 5.23. The number of hydrogen-bond donors (Lipinski definition) is 1. The van der Waals surface area contributed by atoms with Crippen LogP contribution < -0.4 is 5.32 Å². The lowest BCUT2D eigenvalue weighted by molar-refractivity contribution is -0.117. The molecule has 0 fully saturated rings. The smallest absolute Gasteiger partial charge is 0.227 e. The Bertz CT molecular complexity index is 338. The van der Waals surface area contributed by atoms with Crippen LogP contribution in [0.4, 0.5) is 5.82 Å². The van der Waals surface area contributed by atoms with Crippen LogP contribution in [0.15, 0.2) is 22.8 Å². The fourth-order valence-corrected chi connectivity index (χ4v) is 1.28. The fraction of sp³-hybridized carbons (Fsp3) is 0.455. The van der Waals surface area contributed by atoms with E-state index in [4.69, 9.17) is 4.74 Å². The molecule has 1 amide bonds. The summed E-state index contributed by atoms with van der Waals surface area (Å²) < 4.78 is 6.16. The first kappa shape index (κ1) is 13.1. The van der Waals surface area contributed by atoms with Crippen molar-refractivity contribution in [3.8, 4) is 0 Å². The van der Waals surface area contributed by atoms with Gasteiger partial charge in [-0.05, 0) is 41.9 Å². The van der Waals surface area contributed by atoms with E-state index in [0.717, 1.165) is 4.47 Å². The third-order valence-electron chi connectivity index (χ3n) is 1.78. The lowest BCUT2D eigenvalue weighted by Crippen LogP contribution is -2.16. The summed E-state index contributed by atoms with van der Waals surface area (Å²) in [5.74, 6) is 0.466. The monoisotopic (exact) mass is 286 g/mol. The number of rotatable bonds is 5. The molecular formula is C11H15BrN2O2. The molecule has 1 aromatic rings. The molecule has 0 unspecified atom stereocenters. The van der Waals surface area contributed by atoms with E-state index >= 15 is 0 Å². The largest absolute Gasteiger partial charge is 0.378 e. The van der Waals surface area contributed by atoms with Gasteiger partial charge in [0.15, 0.2) is 0 Å². The molecule has 0 radical (unpaired) electrons. The van der Waals surface area contributed by atoms with Crippen molar-refractivity contribution in [2.24, 2.45) is 0 Å². The molecule has 0 bridgehead atoms. The minimum Gasteiger partial charge on any atom is -0.378 e. The molecule has 0 spiro atoms. The van der Waals surface area contributed by atoms with Crippen LogP contribution in [0.3, 0.4) is 0 Å². The van der Waals surface area contributed by atoms with Crippen LogP contribution in [-0.2, 0) is 9.53 Å². The van der Waals surface area contributed by atoms with E-state index in [1.165, 1.54) is 0 Å². The zero-order valence-corrected chi connectivity index (χ0v) is 11.0. The molecule has 0 saturated carbocycles. The number of halogens is 1.